The number of alkyl halides is 3. The van der Waals surface area contributed by atoms with Gasteiger partial charge in [-0.05, 0) is 49.8 Å². The summed E-state index contributed by atoms with van der Waals surface area (Å²) >= 11 is 0. The van der Waals surface area contributed by atoms with Gasteiger partial charge in [0.2, 0.25) is 0 Å². The fourth-order valence-electron chi connectivity index (χ4n) is 4.55. The van der Waals surface area contributed by atoms with Crippen molar-refractivity contribution in [3.63, 3.8) is 0 Å². The maximum atomic E-state index is 13.9. The van der Waals surface area contributed by atoms with Crippen molar-refractivity contribution < 1.29 is 28.2 Å². The molecule has 0 heterocycles. The molecule has 0 aliphatic heterocycles. The van der Waals surface area contributed by atoms with Crippen molar-refractivity contribution in [2.75, 3.05) is 0 Å². The van der Waals surface area contributed by atoms with E-state index in [1.807, 2.05) is 19.9 Å². The number of aryl methyl sites for hydroxylation is 2. The second-order valence-electron chi connectivity index (χ2n) is 8.72. The van der Waals surface area contributed by atoms with Gasteiger partial charge in [0.25, 0.3) is 5.91 Å². The molecular formula is C25H30F3NO3. The van der Waals surface area contributed by atoms with Crippen LogP contribution in [0.3, 0.4) is 0 Å². The highest BCUT2D eigenvalue weighted by Gasteiger charge is 2.57. The number of aromatic hydroxyl groups is 2. The molecule has 1 fully saturated rings. The lowest BCUT2D eigenvalue weighted by Crippen LogP contribution is -2.57. The molecule has 1 saturated carbocycles. The van der Waals surface area contributed by atoms with Crippen molar-refractivity contribution in [3.8, 4) is 22.6 Å². The second-order valence-corrected chi connectivity index (χ2v) is 8.72. The van der Waals surface area contributed by atoms with Gasteiger partial charge in [-0.2, -0.15) is 13.2 Å². The molecule has 4 nitrogen and oxygen atoms in total. The van der Waals surface area contributed by atoms with Crippen molar-refractivity contribution in [2.24, 2.45) is 0 Å². The predicted octanol–water partition coefficient (Wildman–Crippen LogP) is 6.41. The van der Waals surface area contributed by atoms with Gasteiger partial charge in [0.15, 0.2) is 0 Å². The van der Waals surface area contributed by atoms with Crippen molar-refractivity contribution in [2.45, 2.75) is 76.9 Å². The van der Waals surface area contributed by atoms with Crippen LogP contribution in [0.4, 0.5) is 13.2 Å². The topological polar surface area (TPSA) is 69.6 Å². The number of rotatable bonds is 7. The number of phenols is 2. The van der Waals surface area contributed by atoms with E-state index in [0.717, 1.165) is 18.4 Å². The molecule has 0 spiro atoms. The highest BCUT2D eigenvalue weighted by molar-refractivity contribution is 6.02. The molecule has 0 saturated heterocycles. The average molecular weight is 450 g/mol. The van der Waals surface area contributed by atoms with Crippen molar-refractivity contribution >= 4 is 5.91 Å². The van der Waals surface area contributed by atoms with Crippen LogP contribution < -0.4 is 5.32 Å². The number of phenolic OH excluding ortho intramolecular Hbond substituents is 2. The molecule has 1 aliphatic rings. The predicted molar refractivity (Wildman–Crippen MR) is 118 cm³/mol. The molecule has 174 valence electrons. The third kappa shape index (κ3) is 4.71. The lowest BCUT2D eigenvalue weighted by atomic mass is 9.91. The van der Waals surface area contributed by atoms with Crippen LogP contribution >= 0.6 is 0 Å². The molecule has 2 aromatic carbocycles. The van der Waals surface area contributed by atoms with E-state index >= 15 is 0 Å². The standard InChI is InChI=1S/C25H30F3NO3/c1-3-4-5-10-18-15-19(30)20(17-11-8-9-16(2)14-17)22(31)21(18)23(32)29-24(25(26,27)28)12-6-7-13-24/h8-9,11,14-15,30-31H,3-7,10,12-13H2,1-2H3,(H,29,32). The minimum Gasteiger partial charge on any atom is -0.507 e. The van der Waals surface area contributed by atoms with Crippen LogP contribution in [0.1, 0.15) is 73.4 Å². The molecule has 1 aliphatic carbocycles. The number of unbranched alkanes of at least 4 members (excludes halogenated alkanes) is 2. The number of benzene rings is 2. The number of carbonyl (C=O) groups is 1. The monoisotopic (exact) mass is 449 g/mol. The molecule has 0 radical (unpaired) electrons. The largest absolute Gasteiger partial charge is 0.507 e. The van der Waals surface area contributed by atoms with E-state index in [-0.39, 0.29) is 29.7 Å². The van der Waals surface area contributed by atoms with Gasteiger partial charge in [0.1, 0.15) is 17.0 Å². The van der Waals surface area contributed by atoms with Gasteiger partial charge in [-0.15, -0.1) is 0 Å². The van der Waals surface area contributed by atoms with Gasteiger partial charge in [0, 0.05) is 0 Å². The molecule has 3 rings (SSSR count). The van der Waals surface area contributed by atoms with Gasteiger partial charge in [-0.3, -0.25) is 4.79 Å². The zero-order valence-corrected chi connectivity index (χ0v) is 18.5. The van der Waals surface area contributed by atoms with Crippen LogP contribution in [0.5, 0.6) is 11.5 Å². The Morgan fingerprint density at radius 3 is 2.41 bits per heavy atom. The first-order valence-electron chi connectivity index (χ1n) is 11.1. The van der Waals surface area contributed by atoms with Crippen molar-refractivity contribution in [1.82, 2.24) is 5.32 Å². The number of hydrogen-bond acceptors (Lipinski definition) is 3. The Balaban J connectivity index is 2.10. The Morgan fingerprint density at radius 2 is 1.81 bits per heavy atom. The molecule has 0 bridgehead atoms. The fraction of sp³-hybridized carbons (Fsp3) is 0.480. The van der Waals surface area contributed by atoms with E-state index in [1.54, 1.807) is 18.2 Å². The highest BCUT2D eigenvalue weighted by Crippen LogP contribution is 2.45. The Morgan fingerprint density at radius 1 is 1.12 bits per heavy atom. The van der Waals surface area contributed by atoms with Gasteiger partial charge < -0.3 is 15.5 Å². The maximum absolute atomic E-state index is 13.9. The Bertz CT molecular complexity index is 979. The third-order valence-electron chi connectivity index (χ3n) is 6.30. The fourth-order valence-corrected chi connectivity index (χ4v) is 4.55. The summed E-state index contributed by atoms with van der Waals surface area (Å²) in [6.45, 7) is 3.86. The van der Waals surface area contributed by atoms with Crippen LogP contribution in [0.15, 0.2) is 30.3 Å². The quantitative estimate of drug-likeness (QED) is 0.428. The van der Waals surface area contributed by atoms with E-state index in [2.05, 4.69) is 5.32 Å². The first-order valence-corrected chi connectivity index (χ1v) is 11.1. The Kier molecular flexibility index (Phi) is 7.06. The second kappa shape index (κ2) is 9.43. The minimum absolute atomic E-state index is 0.0468. The first-order chi connectivity index (χ1) is 15.1. The lowest BCUT2D eigenvalue weighted by molar-refractivity contribution is -0.191. The van der Waals surface area contributed by atoms with Crippen LogP contribution in [-0.4, -0.2) is 27.8 Å². The first kappa shape index (κ1) is 24.0. The molecule has 0 unspecified atom stereocenters. The van der Waals surface area contributed by atoms with Gasteiger partial charge >= 0.3 is 6.18 Å². The molecule has 1 amide bonds. The zero-order valence-electron chi connectivity index (χ0n) is 18.5. The van der Waals surface area contributed by atoms with Gasteiger partial charge in [-0.25, -0.2) is 0 Å². The number of amides is 1. The van der Waals surface area contributed by atoms with Gasteiger partial charge in [0.05, 0.1) is 11.1 Å². The summed E-state index contributed by atoms with van der Waals surface area (Å²) in [4.78, 5) is 13.2. The Hall–Kier alpha value is -2.70. The Labute approximate surface area is 186 Å². The lowest BCUT2D eigenvalue weighted by Gasteiger charge is -2.33. The van der Waals surface area contributed by atoms with Crippen molar-refractivity contribution in [1.29, 1.82) is 0 Å². The van der Waals surface area contributed by atoms with Crippen LogP contribution in [0, 0.1) is 6.92 Å². The van der Waals surface area contributed by atoms with E-state index in [0.29, 0.717) is 36.8 Å². The molecule has 3 N–H and O–H groups in total. The van der Waals surface area contributed by atoms with Gasteiger partial charge in [-0.1, -0.05) is 62.4 Å². The van der Waals surface area contributed by atoms with Crippen LogP contribution in [0.2, 0.25) is 0 Å². The van der Waals surface area contributed by atoms with Crippen LogP contribution in [0.25, 0.3) is 11.1 Å². The van der Waals surface area contributed by atoms with E-state index in [9.17, 15) is 28.2 Å². The zero-order chi connectivity index (χ0) is 23.5. The number of carbonyl (C=O) groups excluding carboxylic acids is 1. The summed E-state index contributed by atoms with van der Waals surface area (Å²) in [5.74, 6) is -1.65. The number of hydrogen-bond donors (Lipinski definition) is 3. The molecule has 0 aromatic heterocycles. The number of nitrogens with one attached hydrogen (secondary N) is 1. The summed E-state index contributed by atoms with van der Waals surface area (Å²) in [6.07, 6.45) is -1.39. The molecule has 7 heteroatoms. The average Bonchev–Trinajstić information content (AvgIpc) is 3.18. The smallest absolute Gasteiger partial charge is 0.411 e. The number of halogens is 3. The van der Waals surface area contributed by atoms with Crippen LogP contribution in [-0.2, 0) is 6.42 Å². The molecular weight excluding hydrogens is 419 g/mol. The highest BCUT2D eigenvalue weighted by atomic mass is 19.4. The molecule has 2 aromatic rings. The van der Waals surface area contributed by atoms with E-state index in [4.69, 9.17) is 0 Å². The van der Waals surface area contributed by atoms with Crippen molar-refractivity contribution in [3.05, 3.63) is 47.0 Å². The maximum Gasteiger partial charge on any atom is 0.411 e. The van der Waals surface area contributed by atoms with E-state index < -0.39 is 23.4 Å². The SMILES string of the molecule is CCCCCc1cc(O)c(-c2cccc(C)c2)c(O)c1C(=O)NC1(C(F)(F)F)CCCC1. The normalized spacial score (nSPS) is 15.7. The summed E-state index contributed by atoms with van der Waals surface area (Å²) in [5, 5.41) is 24.0. The third-order valence-corrected chi connectivity index (χ3v) is 6.30. The summed E-state index contributed by atoms with van der Waals surface area (Å²) < 4.78 is 41.6. The minimum atomic E-state index is -4.59. The summed E-state index contributed by atoms with van der Waals surface area (Å²) in [6, 6.07) is 8.40. The van der Waals surface area contributed by atoms with E-state index in [1.165, 1.54) is 6.07 Å². The molecule has 0 atom stereocenters. The summed E-state index contributed by atoms with van der Waals surface area (Å²) in [5.41, 5.74) is -0.727. The molecule has 32 heavy (non-hydrogen) atoms. The summed E-state index contributed by atoms with van der Waals surface area (Å²) in [7, 11) is 0.